The average molecular weight is 358 g/mol. The SMILES string of the molecule is CCC(C)C(Br)C(=O)c1ccc(Cl)c(C(F)(F)F)c1. The van der Waals surface area contributed by atoms with E-state index in [0.717, 1.165) is 18.6 Å². The lowest BCUT2D eigenvalue weighted by molar-refractivity contribution is -0.137. The van der Waals surface area contributed by atoms with Crippen molar-refractivity contribution in [3.8, 4) is 0 Å². The van der Waals surface area contributed by atoms with Gasteiger partial charge in [-0.15, -0.1) is 0 Å². The number of halogens is 5. The van der Waals surface area contributed by atoms with Crippen LogP contribution in [0.25, 0.3) is 0 Å². The van der Waals surface area contributed by atoms with Gasteiger partial charge in [-0.25, -0.2) is 0 Å². The van der Waals surface area contributed by atoms with Gasteiger partial charge in [0.15, 0.2) is 5.78 Å². The van der Waals surface area contributed by atoms with Crippen molar-refractivity contribution in [3.63, 3.8) is 0 Å². The third-order valence-corrected chi connectivity index (χ3v) is 4.60. The van der Waals surface area contributed by atoms with Gasteiger partial charge in [0.25, 0.3) is 0 Å². The fourth-order valence-electron chi connectivity index (χ4n) is 1.52. The molecule has 0 aliphatic carbocycles. The molecule has 0 saturated carbocycles. The number of hydrogen-bond acceptors (Lipinski definition) is 1. The Labute approximate surface area is 123 Å². The highest BCUT2D eigenvalue weighted by molar-refractivity contribution is 9.10. The van der Waals surface area contributed by atoms with Crippen LogP contribution in [0.4, 0.5) is 13.2 Å². The number of alkyl halides is 4. The minimum Gasteiger partial charge on any atom is -0.293 e. The van der Waals surface area contributed by atoms with Gasteiger partial charge in [0.2, 0.25) is 0 Å². The first-order chi connectivity index (χ1) is 8.68. The number of ketones is 1. The van der Waals surface area contributed by atoms with Gasteiger partial charge in [0.1, 0.15) is 0 Å². The van der Waals surface area contributed by atoms with Gasteiger partial charge in [0.05, 0.1) is 15.4 Å². The fourth-order valence-corrected chi connectivity index (χ4v) is 2.38. The van der Waals surface area contributed by atoms with E-state index in [9.17, 15) is 18.0 Å². The highest BCUT2D eigenvalue weighted by Crippen LogP contribution is 2.35. The number of Topliss-reactive ketones (excluding diaryl/α,β-unsaturated/α-hetero) is 1. The Balaban J connectivity index is 3.13. The van der Waals surface area contributed by atoms with Crippen LogP contribution in [-0.2, 0) is 6.18 Å². The van der Waals surface area contributed by atoms with Crippen molar-refractivity contribution in [1.82, 2.24) is 0 Å². The van der Waals surface area contributed by atoms with Crippen molar-refractivity contribution >= 4 is 33.3 Å². The van der Waals surface area contributed by atoms with Gasteiger partial charge >= 0.3 is 6.18 Å². The van der Waals surface area contributed by atoms with E-state index < -0.39 is 21.6 Å². The predicted octanol–water partition coefficient (Wildman–Crippen LogP) is 5.35. The lowest BCUT2D eigenvalue weighted by atomic mass is 9.96. The molecule has 2 unspecified atom stereocenters. The molecule has 0 aliphatic heterocycles. The van der Waals surface area contributed by atoms with Crippen LogP contribution in [0.5, 0.6) is 0 Å². The van der Waals surface area contributed by atoms with Crippen molar-refractivity contribution < 1.29 is 18.0 Å². The van der Waals surface area contributed by atoms with Crippen molar-refractivity contribution in [3.05, 3.63) is 34.3 Å². The summed E-state index contributed by atoms with van der Waals surface area (Å²) < 4.78 is 38.1. The van der Waals surface area contributed by atoms with E-state index >= 15 is 0 Å². The molecule has 0 N–H and O–H groups in total. The minimum atomic E-state index is -4.56. The molecule has 1 aromatic rings. The highest BCUT2D eigenvalue weighted by Gasteiger charge is 2.34. The lowest BCUT2D eigenvalue weighted by Crippen LogP contribution is -2.22. The topological polar surface area (TPSA) is 17.1 Å². The first kappa shape index (κ1) is 16.5. The molecule has 0 amide bonds. The maximum atomic E-state index is 12.7. The largest absolute Gasteiger partial charge is 0.417 e. The maximum Gasteiger partial charge on any atom is 0.417 e. The van der Waals surface area contributed by atoms with Gasteiger partial charge < -0.3 is 0 Å². The second-order valence-corrected chi connectivity index (χ2v) is 5.74. The number of carbonyl (C=O) groups is 1. The number of carbonyl (C=O) groups excluding carboxylic acids is 1. The molecule has 0 aliphatic rings. The van der Waals surface area contributed by atoms with Crippen LogP contribution in [0.15, 0.2) is 18.2 Å². The van der Waals surface area contributed by atoms with E-state index in [1.54, 1.807) is 0 Å². The van der Waals surface area contributed by atoms with Gasteiger partial charge in [-0.2, -0.15) is 13.2 Å². The Hall–Kier alpha value is -0.550. The third-order valence-electron chi connectivity index (χ3n) is 2.95. The molecule has 0 bridgehead atoms. The molecule has 19 heavy (non-hydrogen) atoms. The Morgan fingerprint density at radius 2 is 2.00 bits per heavy atom. The highest BCUT2D eigenvalue weighted by atomic mass is 79.9. The van der Waals surface area contributed by atoms with Crippen LogP contribution in [-0.4, -0.2) is 10.6 Å². The zero-order valence-electron chi connectivity index (χ0n) is 10.4. The van der Waals surface area contributed by atoms with E-state index in [1.807, 2.05) is 13.8 Å². The summed E-state index contributed by atoms with van der Waals surface area (Å²) in [5.74, 6) is -0.325. The summed E-state index contributed by atoms with van der Waals surface area (Å²) in [6, 6.07) is 3.23. The second-order valence-electron chi connectivity index (χ2n) is 4.34. The summed E-state index contributed by atoms with van der Waals surface area (Å²) in [5, 5.41) is -0.404. The Bertz CT molecular complexity index is 473. The molecule has 0 radical (unpaired) electrons. The number of rotatable bonds is 4. The summed E-state index contributed by atoms with van der Waals surface area (Å²) in [7, 11) is 0. The smallest absolute Gasteiger partial charge is 0.293 e. The Morgan fingerprint density at radius 1 is 1.42 bits per heavy atom. The zero-order chi connectivity index (χ0) is 14.8. The molecule has 1 rings (SSSR count). The average Bonchev–Trinajstić information content (AvgIpc) is 2.35. The summed E-state index contributed by atoms with van der Waals surface area (Å²) in [5.41, 5.74) is -0.970. The first-order valence-corrected chi connectivity index (χ1v) is 7.02. The van der Waals surface area contributed by atoms with Crippen molar-refractivity contribution in [1.29, 1.82) is 0 Å². The van der Waals surface area contributed by atoms with Crippen LogP contribution < -0.4 is 0 Å². The third kappa shape index (κ3) is 3.96. The lowest BCUT2D eigenvalue weighted by Gasteiger charge is -2.16. The van der Waals surface area contributed by atoms with Crippen LogP contribution in [0.3, 0.4) is 0 Å². The molecule has 0 heterocycles. The monoisotopic (exact) mass is 356 g/mol. The van der Waals surface area contributed by atoms with Gasteiger partial charge in [-0.3, -0.25) is 4.79 Å². The van der Waals surface area contributed by atoms with Crippen LogP contribution in [0.1, 0.15) is 36.2 Å². The molecule has 0 spiro atoms. The predicted molar refractivity (Wildman–Crippen MR) is 73.0 cm³/mol. The maximum absolute atomic E-state index is 12.7. The first-order valence-electron chi connectivity index (χ1n) is 5.73. The van der Waals surface area contributed by atoms with E-state index in [0.29, 0.717) is 0 Å². The second kappa shape index (κ2) is 6.27. The molecule has 0 saturated heterocycles. The summed E-state index contributed by atoms with van der Waals surface area (Å²) in [4.78, 5) is 11.6. The number of hydrogen-bond donors (Lipinski definition) is 0. The van der Waals surface area contributed by atoms with Gasteiger partial charge in [-0.05, 0) is 24.1 Å². The summed E-state index contributed by atoms with van der Waals surface area (Å²) in [6.07, 6.45) is -3.81. The van der Waals surface area contributed by atoms with Crippen LogP contribution in [0, 0.1) is 5.92 Å². The Kier molecular flexibility index (Phi) is 5.44. The standard InChI is InChI=1S/C13H13BrClF3O/c1-3-7(2)11(14)12(19)8-4-5-10(15)9(6-8)13(16,17)18/h4-7,11H,3H2,1-2H3. The van der Waals surface area contributed by atoms with E-state index in [1.165, 1.54) is 6.07 Å². The molecule has 106 valence electrons. The van der Waals surface area contributed by atoms with Crippen molar-refractivity contribution in [2.45, 2.75) is 31.3 Å². The van der Waals surface area contributed by atoms with Gasteiger partial charge in [0, 0.05) is 5.56 Å². The van der Waals surface area contributed by atoms with E-state index in [-0.39, 0.29) is 17.3 Å². The molecule has 1 aromatic carbocycles. The van der Waals surface area contributed by atoms with Crippen LogP contribution in [0.2, 0.25) is 5.02 Å². The molecular weight excluding hydrogens is 344 g/mol. The van der Waals surface area contributed by atoms with Crippen LogP contribution >= 0.6 is 27.5 Å². The minimum absolute atomic E-state index is 0.0129. The van der Waals surface area contributed by atoms with Crippen molar-refractivity contribution in [2.75, 3.05) is 0 Å². The molecular formula is C13H13BrClF3O. The van der Waals surface area contributed by atoms with Crippen molar-refractivity contribution in [2.24, 2.45) is 5.92 Å². The molecule has 0 fully saturated rings. The molecule has 1 nitrogen and oxygen atoms in total. The summed E-state index contributed by atoms with van der Waals surface area (Å²) >= 11 is 8.75. The summed E-state index contributed by atoms with van der Waals surface area (Å²) in [6.45, 7) is 3.77. The molecule has 6 heteroatoms. The molecule has 0 aromatic heterocycles. The Morgan fingerprint density at radius 3 is 2.47 bits per heavy atom. The zero-order valence-corrected chi connectivity index (χ0v) is 12.7. The van der Waals surface area contributed by atoms with E-state index in [2.05, 4.69) is 15.9 Å². The normalized spacial score (nSPS) is 15.1. The van der Waals surface area contributed by atoms with Gasteiger partial charge in [-0.1, -0.05) is 47.8 Å². The fraction of sp³-hybridized carbons (Fsp3) is 0.462. The van der Waals surface area contributed by atoms with E-state index in [4.69, 9.17) is 11.6 Å². The number of benzene rings is 1. The molecule has 2 atom stereocenters. The quantitative estimate of drug-likeness (QED) is 0.524.